The molecule has 0 bridgehead atoms. The minimum absolute atomic E-state index is 0.0350. The van der Waals surface area contributed by atoms with Crippen molar-refractivity contribution in [3.8, 4) is 0 Å². The molecule has 0 aromatic heterocycles. The molecule has 160 valence electrons. The molecular formula is C24H30N2O3S. The Labute approximate surface area is 179 Å². The van der Waals surface area contributed by atoms with Crippen LogP contribution in [0.3, 0.4) is 0 Å². The van der Waals surface area contributed by atoms with E-state index >= 15 is 0 Å². The van der Waals surface area contributed by atoms with E-state index in [0.29, 0.717) is 30.8 Å². The van der Waals surface area contributed by atoms with Gasteiger partial charge in [-0.1, -0.05) is 56.3 Å². The van der Waals surface area contributed by atoms with Gasteiger partial charge in [0.1, 0.15) is 0 Å². The number of hydrogen-bond acceptors (Lipinski definition) is 3. The molecular weight excluding hydrogens is 396 g/mol. The van der Waals surface area contributed by atoms with Gasteiger partial charge in [-0.25, -0.2) is 8.42 Å². The van der Waals surface area contributed by atoms with Crippen LogP contribution in [0.2, 0.25) is 0 Å². The Bertz CT molecular complexity index is 1010. The molecule has 1 aliphatic carbocycles. The van der Waals surface area contributed by atoms with Crippen LogP contribution in [0.1, 0.15) is 56.7 Å². The zero-order valence-electron chi connectivity index (χ0n) is 17.7. The number of nitrogens with zero attached hydrogens (tertiary/aromatic N) is 1. The molecule has 6 heteroatoms. The Morgan fingerprint density at radius 3 is 2.30 bits per heavy atom. The Hall–Kier alpha value is -2.18. The largest absolute Gasteiger partial charge is 0.349 e. The second kappa shape index (κ2) is 8.16. The minimum atomic E-state index is -3.49. The van der Waals surface area contributed by atoms with E-state index in [-0.39, 0.29) is 23.3 Å². The quantitative estimate of drug-likeness (QED) is 0.803. The number of amides is 1. The Balaban J connectivity index is 1.40. The molecule has 0 radical (unpaired) electrons. The van der Waals surface area contributed by atoms with E-state index in [9.17, 15) is 13.2 Å². The molecule has 1 unspecified atom stereocenters. The summed E-state index contributed by atoms with van der Waals surface area (Å²) < 4.78 is 27.1. The molecule has 1 fully saturated rings. The molecule has 2 aromatic rings. The number of hydrogen-bond donors (Lipinski definition) is 1. The average Bonchev–Trinajstić information content (AvgIpc) is 2.76. The maximum absolute atomic E-state index is 13.0. The predicted molar refractivity (Wildman–Crippen MR) is 118 cm³/mol. The maximum Gasteiger partial charge on any atom is 0.243 e. The minimum Gasteiger partial charge on any atom is -0.349 e. The smallest absolute Gasteiger partial charge is 0.243 e. The van der Waals surface area contributed by atoms with Gasteiger partial charge in [-0.05, 0) is 54.4 Å². The van der Waals surface area contributed by atoms with Crippen LogP contribution in [0.5, 0.6) is 0 Å². The van der Waals surface area contributed by atoms with Crippen molar-refractivity contribution in [2.75, 3.05) is 13.1 Å². The van der Waals surface area contributed by atoms with Crippen LogP contribution in [-0.2, 0) is 20.2 Å². The molecule has 1 aliphatic heterocycles. The van der Waals surface area contributed by atoms with Crippen LogP contribution in [0.25, 0.3) is 0 Å². The third-order valence-corrected chi connectivity index (χ3v) is 8.56. The van der Waals surface area contributed by atoms with Crippen LogP contribution in [0.15, 0.2) is 59.5 Å². The third kappa shape index (κ3) is 4.03. The number of nitrogens with one attached hydrogen (secondary N) is 1. The van der Waals surface area contributed by atoms with Crippen molar-refractivity contribution in [3.63, 3.8) is 0 Å². The number of fused-ring (bicyclic) bond motifs is 1. The first-order chi connectivity index (χ1) is 14.3. The molecule has 1 atom stereocenters. The van der Waals surface area contributed by atoms with E-state index < -0.39 is 10.0 Å². The van der Waals surface area contributed by atoms with Gasteiger partial charge in [-0.15, -0.1) is 0 Å². The number of rotatable bonds is 4. The highest BCUT2D eigenvalue weighted by atomic mass is 32.2. The van der Waals surface area contributed by atoms with Crippen molar-refractivity contribution in [1.29, 1.82) is 0 Å². The van der Waals surface area contributed by atoms with Crippen LogP contribution < -0.4 is 5.32 Å². The summed E-state index contributed by atoms with van der Waals surface area (Å²) >= 11 is 0. The fourth-order valence-corrected chi connectivity index (χ4v) is 6.24. The van der Waals surface area contributed by atoms with Crippen molar-refractivity contribution in [3.05, 3.63) is 65.7 Å². The van der Waals surface area contributed by atoms with Gasteiger partial charge < -0.3 is 5.32 Å². The lowest BCUT2D eigenvalue weighted by Gasteiger charge is -2.38. The molecule has 0 saturated carbocycles. The van der Waals surface area contributed by atoms with Crippen LogP contribution in [0.4, 0.5) is 0 Å². The molecule has 30 heavy (non-hydrogen) atoms. The first-order valence-electron chi connectivity index (χ1n) is 10.7. The lowest BCUT2D eigenvalue weighted by Crippen LogP contribution is -2.44. The number of carbonyl (C=O) groups excluding carboxylic acids is 1. The van der Waals surface area contributed by atoms with Gasteiger partial charge in [-0.2, -0.15) is 4.31 Å². The van der Waals surface area contributed by atoms with E-state index in [4.69, 9.17) is 0 Å². The van der Waals surface area contributed by atoms with Crippen molar-refractivity contribution < 1.29 is 13.2 Å². The van der Waals surface area contributed by atoms with Gasteiger partial charge in [0, 0.05) is 19.0 Å². The number of sulfonamides is 1. The monoisotopic (exact) mass is 426 g/mol. The van der Waals surface area contributed by atoms with E-state index in [1.165, 1.54) is 15.4 Å². The topological polar surface area (TPSA) is 66.5 Å². The molecule has 2 aromatic carbocycles. The van der Waals surface area contributed by atoms with E-state index in [1.54, 1.807) is 30.3 Å². The normalized spacial score (nSPS) is 22.3. The van der Waals surface area contributed by atoms with Gasteiger partial charge in [-0.3, -0.25) is 4.79 Å². The fourth-order valence-electron chi connectivity index (χ4n) is 4.75. The van der Waals surface area contributed by atoms with Gasteiger partial charge >= 0.3 is 0 Å². The van der Waals surface area contributed by atoms with Gasteiger partial charge in [0.2, 0.25) is 15.9 Å². The van der Waals surface area contributed by atoms with Gasteiger partial charge in [0.15, 0.2) is 0 Å². The number of benzene rings is 2. The lowest BCUT2D eigenvalue weighted by atomic mass is 9.71. The maximum atomic E-state index is 13.0. The summed E-state index contributed by atoms with van der Waals surface area (Å²) in [6.45, 7) is 5.27. The Kier molecular flexibility index (Phi) is 5.73. The number of carbonyl (C=O) groups is 1. The third-order valence-electron chi connectivity index (χ3n) is 6.65. The lowest BCUT2D eigenvalue weighted by molar-refractivity contribution is -0.127. The Morgan fingerprint density at radius 1 is 0.967 bits per heavy atom. The summed E-state index contributed by atoms with van der Waals surface area (Å²) in [4.78, 5) is 13.3. The zero-order chi connectivity index (χ0) is 21.4. The second-order valence-corrected chi connectivity index (χ2v) is 11.0. The molecule has 1 heterocycles. The summed E-state index contributed by atoms with van der Waals surface area (Å²) in [5.41, 5.74) is 2.64. The second-order valence-electron chi connectivity index (χ2n) is 9.06. The van der Waals surface area contributed by atoms with E-state index in [1.807, 2.05) is 6.07 Å². The molecule has 1 amide bonds. The van der Waals surface area contributed by atoms with Crippen LogP contribution >= 0.6 is 0 Å². The van der Waals surface area contributed by atoms with E-state index in [0.717, 1.165) is 12.8 Å². The highest BCUT2D eigenvalue weighted by Gasteiger charge is 2.36. The fraction of sp³-hybridized carbons (Fsp3) is 0.458. The first kappa shape index (κ1) is 21.1. The number of piperidine rings is 1. The SMILES string of the molecule is CC1(C)CCC(NC(=O)C2CCN(S(=O)(=O)c3ccccc3)CC2)c2ccccc21. The summed E-state index contributed by atoms with van der Waals surface area (Å²) in [5.74, 6) is -0.0967. The van der Waals surface area contributed by atoms with E-state index in [2.05, 4.69) is 37.4 Å². The Morgan fingerprint density at radius 2 is 1.60 bits per heavy atom. The highest BCUT2D eigenvalue weighted by molar-refractivity contribution is 7.89. The summed E-state index contributed by atoms with van der Waals surface area (Å²) in [6.07, 6.45) is 3.06. The van der Waals surface area contributed by atoms with Crippen molar-refractivity contribution in [1.82, 2.24) is 9.62 Å². The zero-order valence-corrected chi connectivity index (χ0v) is 18.5. The molecule has 0 spiro atoms. The van der Waals surface area contributed by atoms with Gasteiger partial charge in [0.25, 0.3) is 0 Å². The molecule has 2 aliphatic rings. The molecule has 5 nitrogen and oxygen atoms in total. The first-order valence-corrected chi connectivity index (χ1v) is 12.2. The average molecular weight is 427 g/mol. The van der Waals surface area contributed by atoms with Crippen LogP contribution in [-0.4, -0.2) is 31.7 Å². The van der Waals surface area contributed by atoms with Crippen molar-refractivity contribution in [2.24, 2.45) is 5.92 Å². The van der Waals surface area contributed by atoms with Gasteiger partial charge in [0.05, 0.1) is 10.9 Å². The van der Waals surface area contributed by atoms with Crippen molar-refractivity contribution >= 4 is 15.9 Å². The summed E-state index contributed by atoms with van der Waals surface area (Å²) in [6, 6.07) is 16.9. The summed E-state index contributed by atoms with van der Waals surface area (Å²) in [7, 11) is -3.49. The molecule has 1 saturated heterocycles. The van der Waals surface area contributed by atoms with Crippen molar-refractivity contribution in [2.45, 2.75) is 55.9 Å². The summed E-state index contributed by atoms with van der Waals surface area (Å²) in [5, 5.41) is 3.26. The predicted octanol–water partition coefficient (Wildman–Crippen LogP) is 4.02. The van der Waals surface area contributed by atoms with Crippen LogP contribution in [0, 0.1) is 5.92 Å². The molecule has 1 N–H and O–H groups in total. The standard InChI is InChI=1S/C24H30N2O3S/c1-24(2)15-12-22(20-10-6-7-11-21(20)24)25-23(27)18-13-16-26(17-14-18)30(28,29)19-8-4-3-5-9-19/h3-11,18,22H,12-17H2,1-2H3,(H,25,27). The molecule has 4 rings (SSSR count). The highest BCUT2D eigenvalue weighted by Crippen LogP contribution is 2.41.